The third-order valence-corrected chi connectivity index (χ3v) is 21.3. The minimum atomic E-state index is -4.96. The number of ether oxygens (including phenoxy) is 4. The largest absolute Gasteiger partial charge is 0.472 e. The van der Waals surface area contributed by atoms with Crippen LogP contribution in [0.15, 0.2) is 0 Å². The van der Waals surface area contributed by atoms with Gasteiger partial charge in [-0.05, 0) is 25.7 Å². The summed E-state index contributed by atoms with van der Waals surface area (Å²) in [4.78, 5) is 73.1. The molecule has 0 aliphatic carbocycles. The van der Waals surface area contributed by atoms with Gasteiger partial charge in [0.05, 0.1) is 26.4 Å². The number of unbranched alkanes of at least 4 members (excludes halogenated alkanes) is 57. The van der Waals surface area contributed by atoms with Gasteiger partial charge in [0.25, 0.3) is 0 Å². The molecule has 2 unspecified atom stereocenters. The van der Waals surface area contributed by atoms with Gasteiger partial charge in [-0.25, -0.2) is 9.13 Å². The van der Waals surface area contributed by atoms with Gasteiger partial charge in [-0.1, -0.05) is 394 Å². The second-order valence-electron chi connectivity index (χ2n) is 29.5. The van der Waals surface area contributed by atoms with Crippen LogP contribution in [0.3, 0.4) is 0 Å². The van der Waals surface area contributed by atoms with Crippen molar-refractivity contribution in [3.8, 4) is 0 Å². The summed E-state index contributed by atoms with van der Waals surface area (Å²) in [6.07, 6.45) is 69.3. The number of carbonyl (C=O) groups excluding carboxylic acids is 4. The van der Waals surface area contributed by atoms with Crippen molar-refractivity contribution in [2.75, 3.05) is 39.6 Å². The Bertz CT molecular complexity index is 1910. The lowest BCUT2D eigenvalue weighted by molar-refractivity contribution is -0.161. The molecule has 0 bridgehead atoms. The van der Waals surface area contributed by atoms with E-state index in [1.54, 1.807) is 0 Å². The number of carbonyl (C=O) groups is 4. The van der Waals surface area contributed by atoms with Gasteiger partial charge in [0, 0.05) is 25.7 Å². The number of phosphoric ester groups is 2. The molecular formula is C82H160O17P2. The first-order chi connectivity index (χ1) is 49.2. The van der Waals surface area contributed by atoms with Crippen LogP contribution >= 0.6 is 15.6 Å². The van der Waals surface area contributed by atoms with Crippen molar-refractivity contribution < 1.29 is 80.2 Å². The number of esters is 4. The van der Waals surface area contributed by atoms with Crippen LogP contribution in [0.5, 0.6) is 0 Å². The van der Waals surface area contributed by atoms with E-state index in [1.165, 1.54) is 276 Å². The molecule has 0 aromatic rings. The number of aliphatic hydroxyl groups excluding tert-OH is 1. The first kappa shape index (κ1) is 99.1. The Balaban J connectivity index is 5.24. The van der Waals surface area contributed by atoms with E-state index in [1.807, 2.05) is 0 Å². The van der Waals surface area contributed by atoms with E-state index < -0.39 is 97.5 Å². The molecule has 0 spiro atoms. The second-order valence-corrected chi connectivity index (χ2v) is 32.4. The molecule has 0 saturated heterocycles. The fourth-order valence-electron chi connectivity index (χ4n) is 12.8. The van der Waals surface area contributed by atoms with Crippen LogP contribution in [0, 0.1) is 0 Å². The maximum atomic E-state index is 13.1. The van der Waals surface area contributed by atoms with Crippen molar-refractivity contribution in [2.24, 2.45) is 0 Å². The number of phosphoric acid groups is 2. The minimum Gasteiger partial charge on any atom is -0.462 e. The zero-order valence-corrected chi connectivity index (χ0v) is 67.7. The molecule has 0 aliphatic heterocycles. The van der Waals surface area contributed by atoms with Crippen LogP contribution in [0.2, 0.25) is 0 Å². The zero-order valence-electron chi connectivity index (χ0n) is 65.9. The minimum absolute atomic E-state index is 0.109. The van der Waals surface area contributed by atoms with E-state index in [2.05, 4.69) is 27.7 Å². The Labute approximate surface area is 619 Å². The van der Waals surface area contributed by atoms with Gasteiger partial charge in [0.1, 0.15) is 19.3 Å². The molecule has 0 aromatic carbocycles. The summed E-state index contributed by atoms with van der Waals surface area (Å²) < 4.78 is 68.8. The van der Waals surface area contributed by atoms with E-state index in [9.17, 15) is 43.2 Å². The van der Waals surface area contributed by atoms with Crippen molar-refractivity contribution in [2.45, 2.75) is 463 Å². The predicted molar refractivity (Wildman–Crippen MR) is 414 cm³/mol. The lowest BCUT2D eigenvalue weighted by Gasteiger charge is -2.21. The molecule has 3 N–H and O–H groups in total. The number of aliphatic hydroxyl groups is 1. The van der Waals surface area contributed by atoms with Gasteiger partial charge >= 0.3 is 39.5 Å². The summed E-state index contributed by atoms with van der Waals surface area (Å²) in [6.45, 7) is 5.04. The van der Waals surface area contributed by atoms with E-state index >= 15 is 0 Å². The van der Waals surface area contributed by atoms with Crippen LogP contribution in [0.25, 0.3) is 0 Å². The van der Waals surface area contributed by atoms with Crippen molar-refractivity contribution in [3.63, 3.8) is 0 Å². The molecule has 0 amide bonds. The third-order valence-electron chi connectivity index (χ3n) is 19.4. The summed E-state index contributed by atoms with van der Waals surface area (Å²) in [5.74, 6) is -2.10. The number of hydrogen-bond acceptors (Lipinski definition) is 15. The van der Waals surface area contributed by atoms with Gasteiger partial charge in [-0.2, -0.15) is 0 Å². The SMILES string of the molecule is CCCCCCCCCCCCCCCCCCCCCC(=O)O[C@H](COC(=O)CCCCCCCCCCCCCCCCCCC)COP(=O)(O)OC[C@@H](O)COP(=O)(O)OC[C@@H](COC(=O)CCCCCCCCCCCCC)OC(=O)CCCCCCCCCCCCCCCC. The molecular weight excluding hydrogens is 1320 g/mol. The number of hydrogen-bond donors (Lipinski definition) is 3. The molecule has 0 radical (unpaired) electrons. The first-order valence-corrected chi connectivity index (χ1v) is 45.8. The summed E-state index contributed by atoms with van der Waals surface area (Å²) in [6, 6.07) is 0. The van der Waals surface area contributed by atoms with Crippen molar-refractivity contribution >= 4 is 39.5 Å². The lowest BCUT2D eigenvalue weighted by atomic mass is 10.0. The molecule has 0 fully saturated rings. The Kier molecular flexibility index (Phi) is 74.8. The van der Waals surface area contributed by atoms with Gasteiger partial charge in [-0.3, -0.25) is 37.3 Å². The molecule has 101 heavy (non-hydrogen) atoms. The van der Waals surface area contributed by atoms with E-state index in [4.69, 9.17) is 37.0 Å². The average Bonchev–Trinajstić information content (AvgIpc) is 0.936. The van der Waals surface area contributed by atoms with Gasteiger partial charge in [0.2, 0.25) is 0 Å². The van der Waals surface area contributed by atoms with Crippen molar-refractivity contribution in [1.82, 2.24) is 0 Å². The monoisotopic (exact) mass is 1480 g/mol. The molecule has 5 atom stereocenters. The van der Waals surface area contributed by atoms with E-state index in [-0.39, 0.29) is 25.7 Å². The standard InChI is InChI=1S/C82H160O17P2/c1-5-9-13-17-21-25-29-32-35-37-38-40-42-45-49-53-57-61-65-69-82(87)99-78(73-93-80(85)67-63-59-55-51-47-44-41-39-36-33-30-26-22-18-14-10-6-2)75-97-101(90,91)95-71-76(83)70-94-100(88,89)96-74-77(72-92-79(84)66-62-58-54-50-46-28-24-20-16-12-8-4)98-81(86)68-64-60-56-52-48-43-34-31-27-23-19-15-11-7-3/h76-78,83H,5-75H2,1-4H3,(H,88,89)(H,90,91)/t76-,77+,78+/m0/s1. The Morgan fingerprint density at radius 1 is 0.238 bits per heavy atom. The summed E-state index contributed by atoms with van der Waals surface area (Å²) in [7, 11) is -9.92. The van der Waals surface area contributed by atoms with Gasteiger partial charge in [-0.15, -0.1) is 0 Å². The molecule has 0 aliphatic rings. The topological polar surface area (TPSA) is 237 Å². The molecule has 0 heterocycles. The Hall–Kier alpha value is -1.94. The predicted octanol–water partition coefficient (Wildman–Crippen LogP) is 25.0. The molecule has 0 rings (SSSR count). The smallest absolute Gasteiger partial charge is 0.462 e. The van der Waals surface area contributed by atoms with Gasteiger partial charge in [0.15, 0.2) is 12.2 Å². The molecule has 0 aromatic heterocycles. The fourth-order valence-corrected chi connectivity index (χ4v) is 14.4. The van der Waals surface area contributed by atoms with Gasteiger partial charge < -0.3 is 33.8 Å². The summed E-state index contributed by atoms with van der Waals surface area (Å²) >= 11 is 0. The van der Waals surface area contributed by atoms with Crippen LogP contribution in [0.1, 0.15) is 445 Å². The van der Waals surface area contributed by atoms with Crippen molar-refractivity contribution in [3.05, 3.63) is 0 Å². The summed E-state index contributed by atoms with van der Waals surface area (Å²) in [5.41, 5.74) is 0. The Morgan fingerprint density at radius 3 is 0.584 bits per heavy atom. The number of rotatable bonds is 83. The van der Waals surface area contributed by atoms with Crippen molar-refractivity contribution in [1.29, 1.82) is 0 Å². The highest BCUT2D eigenvalue weighted by atomic mass is 31.2. The maximum Gasteiger partial charge on any atom is 0.472 e. The second kappa shape index (κ2) is 76.3. The Morgan fingerprint density at radius 2 is 0.396 bits per heavy atom. The molecule has 600 valence electrons. The van der Waals surface area contributed by atoms with Crippen LogP contribution < -0.4 is 0 Å². The maximum absolute atomic E-state index is 13.1. The molecule has 19 heteroatoms. The normalized spacial score (nSPS) is 13.8. The zero-order chi connectivity index (χ0) is 73.9. The molecule has 0 saturated carbocycles. The third kappa shape index (κ3) is 76.1. The van der Waals surface area contributed by atoms with Crippen LogP contribution in [-0.4, -0.2) is 96.7 Å². The highest BCUT2D eigenvalue weighted by Crippen LogP contribution is 2.45. The lowest BCUT2D eigenvalue weighted by Crippen LogP contribution is -2.30. The average molecular weight is 1480 g/mol. The van der Waals surface area contributed by atoms with E-state index in [0.29, 0.717) is 25.7 Å². The molecule has 17 nitrogen and oxygen atoms in total. The highest BCUT2D eigenvalue weighted by molar-refractivity contribution is 7.47. The van der Waals surface area contributed by atoms with Crippen LogP contribution in [0.4, 0.5) is 0 Å². The summed E-state index contributed by atoms with van der Waals surface area (Å²) in [5, 5.41) is 10.7. The highest BCUT2D eigenvalue weighted by Gasteiger charge is 2.30. The van der Waals surface area contributed by atoms with Crippen LogP contribution in [-0.2, 0) is 65.4 Å². The fraction of sp³-hybridized carbons (Fsp3) is 0.951. The quantitative estimate of drug-likeness (QED) is 0.0222. The first-order valence-electron chi connectivity index (χ1n) is 42.8. The van der Waals surface area contributed by atoms with E-state index in [0.717, 1.165) is 89.9 Å².